The van der Waals surface area contributed by atoms with Crippen LogP contribution in [0.25, 0.3) is 22.3 Å². The van der Waals surface area contributed by atoms with Gasteiger partial charge in [0.25, 0.3) is 0 Å². The molecule has 1 aliphatic heterocycles. The van der Waals surface area contributed by atoms with Crippen LogP contribution in [-0.2, 0) is 14.1 Å². The van der Waals surface area contributed by atoms with Gasteiger partial charge in [-0.15, -0.1) is 10.2 Å². The summed E-state index contributed by atoms with van der Waals surface area (Å²) in [5, 5.41) is 22.6. The number of nitriles is 1. The Morgan fingerprint density at radius 1 is 1.09 bits per heavy atom. The molecule has 8 nitrogen and oxygen atoms in total. The van der Waals surface area contributed by atoms with E-state index in [-0.39, 0.29) is 11.5 Å². The molecule has 4 aromatic rings. The van der Waals surface area contributed by atoms with Gasteiger partial charge >= 0.3 is 0 Å². The third kappa shape index (κ3) is 3.79. The lowest BCUT2D eigenvalue weighted by molar-refractivity contribution is 0.474. The van der Waals surface area contributed by atoms with E-state index >= 15 is 4.39 Å². The van der Waals surface area contributed by atoms with Crippen molar-refractivity contribution in [3.05, 3.63) is 66.3 Å². The van der Waals surface area contributed by atoms with E-state index in [0.717, 1.165) is 18.7 Å². The largest absolute Gasteiger partial charge is 0.370 e. The van der Waals surface area contributed by atoms with Gasteiger partial charge in [0.05, 0.1) is 17.4 Å². The lowest BCUT2D eigenvalue weighted by Gasteiger charge is -2.35. The van der Waals surface area contributed by atoms with Gasteiger partial charge in [0.2, 0.25) is 5.95 Å². The fourth-order valence-corrected chi connectivity index (χ4v) is 4.68. The summed E-state index contributed by atoms with van der Waals surface area (Å²) in [6, 6.07) is 6.33. The van der Waals surface area contributed by atoms with E-state index in [0.29, 0.717) is 41.0 Å². The standard InChI is InChI=1S/C24H22F2N8/c1-32-14-29-31-24(32)15-5-7-34(8-6-15)23-19(10-27)18(17-12-30-33(2)13-17)9-20(25)22(23)16-3-4-21(26)28-11-16/h3-4,9,11-15H,5-8H2,1-2H3. The molecule has 1 saturated heterocycles. The van der Waals surface area contributed by atoms with Gasteiger partial charge in [-0.05, 0) is 31.0 Å². The zero-order valence-corrected chi connectivity index (χ0v) is 18.8. The highest BCUT2D eigenvalue weighted by molar-refractivity contribution is 5.90. The van der Waals surface area contributed by atoms with E-state index in [1.54, 1.807) is 30.5 Å². The SMILES string of the molecule is Cn1cc(-c2cc(F)c(-c3ccc(F)nc3)c(N3CCC(c4nncn4C)CC3)c2C#N)cn1. The summed E-state index contributed by atoms with van der Waals surface area (Å²) in [5.74, 6) is -0.0191. The van der Waals surface area contributed by atoms with Crippen molar-refractivity contribution in [2.75, 3.05) is 18.0 Å². The second-order valence-electron chi connectivity index (χ2n) is 8.45. The summed E-state index contributed by atoms with van der Waals surface area (Å²) in [5.41, 5.74) is 2.62. The maximum Gasteiger partial charge on any atom is 0.212 e. The molecule has 34 heavy (non-hydrogen) atoms. The molecule has 0 bridgehead atoms. The van der Waals surface area contributed by atoms with E-state index in [4.69, 9.17) is 0 Å². The normalized spacial score (nSPS) is 14.4. The maximum absolute atomic E-state index is 15.7. The van der Waals surface area contributed by atoms with E-state index in [9.17, 15) is 9.65 Å². The van der Waals surface area contributed by atoms with Crippen LogP contribution in [0.5, 0.6) is 0 Å². The van der Waals surface area contributed by atoms with Gasteiger partial charge in [-0.3, -0.25) is 4.68 Å². The van der Waals surface area contributed by atoms with Crippen molar-refractivity contribution in [2.24, 2.45) is 14.1 Å². The van der Waals surface area contributed by atoms with Crippen molar-refractivity contribution < 1.29 is 8.78 Å². The lowest BCUT2D eigenvalue weighted by atomic mass is 9.90. The van der Waals surface area contributed by atoms with Gasteiger partial charge in [-0.25, -0.2) is 9.37 Å². The topological polar surface area (TPSA) is 88.5 Å². The van der Waals surface area contributed by atoms with Gasteiger partial charge in [0, 0.05) is 67.8 Å². The Hall–Kier alpha value is -4.13. The number of halogens is 2. The first-order valence-electron chi connectivity index (χ1n) is 10.9. The molecule has 1 fully saturated rings. The Morgan fingerprint density at radius 3 is 2.47 bits per heavy atom. The fourth-order valence-electron chi connectivity index (χ4n) is 4.68. The first-order valence-corrected chi connectivity index (χ1v) is 10.9. The number of pyridine rings is 1. The molecular formula is C24H22F2N8. The molecule has 1 aromatic carbocycles. The molecular weight excluding hydrogens is 438 g/mol. The van der Waals surface area contributed by atoms with Gasteiger partial charge in [0.15, 0.2) is 0 Å². The van der Waals surface area contributed by atoms with Crippen LogP contribution >= 0.6 is 0 Å². The number of aryl methyl sites for hydroxylation is 2. The Labute approximate surface area is 195 Å². The van der Waals surface area contributed by atoms with E-state index in [1.165, 1.54) is 24.4 Å². The number of anilines is 1. The highest BCUT2D eigenvalue weighted by atomic mass is 19.1. The van der Waals surface area contributed by atoms with Crippen molar-refractivity contribution in [2.45, 2.75) is 18.8 Å². The molecule has 4 heterocycles. The van der Waals surface area contributed by atoms with E-state index < -0.39 is 11.8 Å². The predicted octanol–water partition coefficient (Wildman–Crippen LogP) is 3.81. The number of hydrogen-bond acceptors (Lipinski definition) is 6. The molecule has 0 radical (unpaired) electrons. The van der Waals surface area contributed by atoms with Crippen molar-refractivity contribution >= 4 is 5.69 Å². The minimum Gasteiger partial charge on any atom is -0.370 e. The average molecular weight is 460 g/mol. The highest BCUT2D eigenvalue weighted by Gasteiger charge is 2.30. The minimum absolute atomic E-state index is 0.219. The molecule has 172 valence electrons. The Kier molecular flexibility index (Phi) is 5.53. The predicted molar refractivity (Wildman–Crippen MR) is 122 cm³/mol. The van der Waals surface area contributed by atoms with Gasteiger partial charge in [-0.2, -0.15) is 14.8 Å². The molecule has 5 rings (SSSR count). The van der Waals surface area contributed by atoms with Crippen molar-refractivity contribution in [1.29, 1.82) is 5.26 Å². The number of rotatable bonds is 4. The van der Waals surface area contributed by atoms with Gasteiger partial charge in [-0.1, -0.05) is 0 Å². The fraction of sp³-hybridized carbons (Fsp3) is 0.292. The monoisotopic (exact) mass is 460 g/mol. The molecule has 0 unspecified atom stereocenters. The van der Waals surface area contributed by atoms with Crippen LogP contribution in [0.4, 0.5) is 14.5 Å². The first kappa shape index (κ1) is 21.7. The Balaban J connectivity index is 1.63. The molecule has 1 aliphatic rings. The minimum atomic E-state index is -0.650. The third-order valence-electron chi connectivity index (χ3n) is 6.32. The summed E-state index contributed by atoms with van der Waals surface area (Å²) in [7, 11) is 3.69. The summed E-state index contributed by atoms with van der Waals surface area (Å²) in [4.78, 5) is 5.75. The molecule has 10 heteroatoms. The number of nitrogens with zero attached hydrogens (tertiary/aromatic N) is 8. The van der Waals surface area contributed by atoms with Crippen molar-refractivity contribution in [1.82, 2.24) is 29.5 Å². The van der Waals surface area contributed by atoms with Crippen LogP contribution in [0.1, 0.15) is 30.1 Å². The van der Waals surface area contributed by atoms with Gasteiger partial charge < -0.3 is 9.47 Å². The van der Waals surface area contributed by atoms with Crippen molar-refractivity contribution in [3.63, 3.8) is 0 Å². The Morgan fingerprint density at radius 2 is 1.88 bits per heavy atom. The number of hydrogen-bond donors (Lipinski definition) is 0. The van der Waals surface area contributed by atoms with Crippen LogP contribution in [0.3, 0.4) is 0 Å². The van der Waals surface area contributed by atoms with Crippen LogP contribution in [0.15, 0.2) is 43.1 Å². The summed E-state index contributed by atoms with van der Waals surface area (Å²) < 4.78 is 32.7. The van der Waals surface area contributed by atoms with Crippen LogP contribution in [-0.4, -0.2) is 42.6 Å². The molecule has 3 aromatic heterocycles. The van der Waals surface area contributed by atoms with E-state index in [2.05, 4.69) is 26.3 Å². The zero-order valence-electron chi connectivity index (χ0n) is 18.8. The number of piperidine rings is 1. The molecule has 0 amide bonds. The molecule has 0 saturated carbocycles. The average Bonchev–Trinajstić information content (AvgIpc) is 3.47. The molecule has 0 spiro atoms. The summed E-state index contributed by atoms with van der Waals surface area (Å²) in [6.07, 6.45) is 7.89. The Bertz CT molecular complexity index is 1380. The van der Waals surface area contributed by atoms with Crippen LogP contribution in [0, 0.1) is 23.1 Å². The maximum atomic E-state index is 15.7. The quantitative estimate of drug-likeness (QED) is 0.431. The van der Waals surface area contributed by atoms with Gasteiger partial charge in [0.1, 0.15) is 24.0 Å². The smallest absolute Gasteiger partial charge is 0.212 e. The zero-order chi connectivity index (χ0) is 23.8. The molecule has 0 N–H and O–H groups in total. The van der Waals surface area contributed by atoms with E-state index in [1.807, 2.05) is 16.5 Å². The third-order valence-corrected chi connectivity index (χ3v) is 6.32. The van der Waals surface area contributed by atoms with Crippen molar-refractivity contribution in [3.8, 4) is 28.3 Å². The summed E-state index contributed by atoms with van der Waals surface area (Å²) in [6.45, 7) is 1.20. The summed E-state index contributed by atoms with van der Waals surface area (Å²) >= 11 is 0. The highest BCUT2D eigenvalue weighted by Crippen LogP contribution is 2.43. The van der Waals surface area contributed by atoms with Crippen LogP contribution in [0.2, 0.25) is 0 Å². The number of benzene rings is 1. The molecule has 0 atom stereocenters. The second kappa shape index (κ2) is 8.67. The van der Waals surface area contributed by atoms with Crippen LogP contribution < -0.4 is 4.90 Å². The lowest BCUT2D eigenvalue weighted by Crippen LogP contribution is -2.34. The number of aromatic nitrogens is 6. The second-order valence-corrected chi connectivity index (χ2v) is 8.45. The molecule has 0 aliphatic carbocycles. The first-order chi connectivity index (χ1) is 16.5.